The Morgan fingerprint density at radius 1 is 1.24 bits per heavy atom. The van der Waals surface area contributed by atoms with Crippen molar-refractivity contribution in [3.8, 4) is 0 Å². The highest BCUT2D eigenvalue weighted by Crippen LogP contribution is 2.31. The largest absolute Gasteiger partial charge is 0.388 e. The maximum atomic E-state index is 10.2. The van der Waals surface area contributed by atoms with Crippen LogP contribution in [-0.2, 0) is 4.74 Å². The number of benzene rings is 1. The lowest BCUT2D eigenvalue weighted by Gasteiger charge is -2.32. The molecule has 2 atom stereocenters. The lowest BCUT2D eigenvalue weighted by molar-refractivity contribution is 0.0209. The van der Waals surface area contributed by atoms with E-state index in [4.69, 9.17) is 4.74 Å². The second-order valence-corrected chi connectivity index (χ2v) is 6.02. The van der Waals surface area contributed by atoms with E-state index in [2.05, 4.69) is 28.0 Å². The zero-order chi connectivity index (χ0) is 14.7. The smallest absolute Gasteiger partial charge is 0.0807 e. The SMILES string of the molecule is CCC(O)c1ccccc1N1CCC(N2CCOCC2)C1. The van der Waals surface area contributed by atoms with Gasteiger partial charge < -0.3 is 14.7 Å². The average molecular weight is 290 g/mol. The number of rotatable bonds is 4. The van der Waals surface area contributed by atoms with Gasteiger partial charge in [-0.2, -0.15) is 0 Å². The van der Waals surface area contributed by atoms with Crippen molar-refractivity contribution in [3.63, 3.8) is 0 Å². The molecule has 2 unspecified atom stereocenters. The number of aliphatic hydroxyl groups excluding tert-OH is 1. The zero-order valence-corrected chi connectivity index (χ0v) is 12.9. The zero-order valence-electron chi connectivity index (χ0n) is 12.9. The van der Waals surface area contributed by atoms with E-state index in [1.54, 1.807) is 0 Å². The fourth-order valence-electron chi connectivity index (χ4n) is 3.48. The molecular formula is C17H26N2O2. The van der Waals surface area contributed by atoms with Crippen LogP contribution in [0.5, 0.6) is 0 Å². The molecule has 21 heavy (non-hydrogen) atoms. The fourth-order valence-corrected chi connectivity index (χ4v) is 3.48. The summed E-state index contributed by atoms with van der Waals surface area (Å²) in [6, 6.07) is 8.93. The number of hydrogen-bond acceptors (Lipinski definition) is 4. The lowest BCUT2D eigenvalue weighted by atomic mass is 10.0. The third kappa shape index (κ3) is 3.23. The molecule has 1 N–H and O–H groups in total. The molecule has 3 rings (SSSR count). The Morgan fingerprint density at radius 2 is 2.00 bits per heavy atom. The van der Waals surface area contributed by atoms with Crippen molar-refractivity contribution in [2.45, 2.75) is 31.9 Å². The van der Waals surface area contributed by atoms with Crippen LogP contribution in [-0.4, -0.2) is 55.4 Å². The quantitative estimate of drug-likeness (QED) is 0.920. The molecule has 2 fully saturated rings. The van der Waals surface area contributed by atoms with Gasteiger partial charge in [-0.15, -0.1) is 0 Å². The molecule has 0 aliphatic carbocycles. The van der Waals surface area contributed by atoms with Crippen molar-refractivity contribution in [3.05, 3.63) is 29.8 Å². The molecule has 2 saturated heterocycles. The molecule has 0 aromatic heterocycles. The highest BCUT2D eigenvalue weighted by molar-refractivity contribution is 5.55. The Balaban J connectivity index is 1.71. The molecule has 0 spiro atoms. The number of morpholine rings is 1. The van der Waals surface area contributed by atoms with E-state index in [9.17, 15) is 5.11 Å². The van der Waals surface area contributed by atoms with Crippen LogP contribution in [0.2, 0.25) is 0 Å². The molecule has 0 amide bonds. The number of para-hydroxylation sites is 1. The minimum absolute atomic E-state index is 0.358. The number of aliphatic hydroxyl groups is 1. The Bertz CT molecular complexity index is 460. The second kappa shape index (κ2) is 6.77. The maximum absolute atomic E-state index is 10.2. The van der Waals surface area contributed by atoms with Gasteiger partial charge in [-0.3, -0.25) is 4.90 Å². The normalized spacial score (nSPS) is 25.2. The molecular weight excluding hydrogens is 264 g/mol. The lowest BCUT2D eigenvalue weighted by Crippen LogP contribution is -2.44. The first-order valence-electron chi connectivity index (χ1n) is 8.13. The molecule has 0 radical (unpaired) electrons. The standard InChI is InChI=1S/C17H26N2O2/c1-2-17(20)15-5-3-4-6-16(15)19-8-7-14(13-19)18-9-11-21-12-10-18/h3-6,14,17,20H,2,7-13H2,1H3. The van der Waals surface area contributed by atoms with Gasteiger partial charge in [0, 0.05) is 43.5 Å². The summed E-state index contributed by atoms with van der Waals surface area (Å²) in [5.41, 5.74) is 2.28. The van der Waals surface area contributed by atoms with Gasteiger partial charge in [0.1, 0.15) is 0 Å². The van der Waals surface area contributed by atoms with Gasteiger partial charge in [0.25, 0.3) is 0 Å². The minimum Gasteiger partial charge on any atom is -0.388 e. The summed E-state index contributed by atoms with van der Waals surface area (Å²) in [7, 11) is 0. The van der Waals surface area contributed by atoms with Gasteiger partial charge in [-0.1, -0.05) is 25.1 Å². The highest BCUT2D eigenvalue weighted by atomic mass is 16.5. The Labute approximate surface area is 127 Å². The highest BCUT2D eigenvalue weighted by Gasteiger charge is 2.30. The van der Waals surface area contributed by atoms with Crippen molar-refractivity contribution in [2.75, 3.05) is 44.3 Å². The first kappa shape index (κ1) is 14.8. The summed E-state index contributed by atoms with van der Waals surface area (Å²) in [6.45, 7) is 8.00. The summed E-state index contributed by atoms with van der Waals surface area (Å²) in [6.07, 6.45) is 1.61. The van der Waals surface area contributed by atoms with Crippen molar-refractivity contribution in [1.82, 2.24) is 4.90 Å². The first-order chi connectivity index (χ1) is 10.3. The molecule has 4 nitrogen and oxygen atoms in total. The van der Waals surface area contributed by atoms with Crippen LogP contribution in [0.4, 0.5) is 5.69 Å². The van der Waals surface area contributed by atoms with E-state index in [1.165, 1.54) is 12.1 Å². The Hall–Kier alpha value is -1.10. The Morgan fingerprint density at radius 3 is 2.76 bits per heavy atom. The third-order valence-corrected chi connectivity index (χ3v) is 4.75. The number of nitrogens with zero attached hydrogens (tertiary/aromatic N) is 2. The van der Waals surface area contributed by atoms with Gasteiger partial charge in [0.05, 0.1) is 19.3 Å². The molecule has 0 bridgehead atoms. The van der Waals surface area contributed by atoms with E-state index in [0.29, 0.717) is 6.04 Å². The van der Waals surface area contributed by atoms with Crippen molar-refractivity contribution in [1.29, 1.82) is 0 Å². The summed E-state index contributed by atoms with van der Waals surface area (Å²) >= 11 is 0. The van der Waals surface area contributed by atoms with Gasteiger partial charge in [-0.25, -0.2) is 0 Å². The maximum Gasteiger partial charge on any atom is 0.0807 e. The molecule has 2 aliphatic heterocycles. The van der Waals surface area contributed by atoms with Gasteiger partial charge in [0.2, 0.25) is 0 Å². The first-order valence-corrected chi connectivity index (χ1v) is 8.13. The summed E-state index contributed by atoms with van der Waals surface area (Å²) in [4.78, 5) is 5.00. The summed E-state index contributed by atoms with van der Waals surface area (Å²) in [5, 5.41) is 10.2. The number of hydrogen-bond donors (Lipinski definition) is 1. The van der Waals surface area contributed by atoms with Crippen LogP contribution in [0.15, 0.2) is 24.3 Å². The van der Waals surface area contributed by atoms with E-state index < -0.39 is 0 Å². The fraction of sp³-hybridized carbons (Fsp3) is 0.647. The summed E-state index contributed by atoms with van der Waals surface area (Å²) < 4.78 is 5.45. The molecule has 2 aliphatic rings. The van der Waals surface area contributed by atoms with E-state index in [-0.39, 0.29) is 6.10 Å². The average Bonchev–Trinajstić information content (AvgIpc) is 3.05. The van der Waals surface area contributed by atoms with Crippen molar-refractivity contribution >= 4 is 5.69 Å². The Kier molecular flexibility index (Phi) is 4.78. The van der Waals surface area contributed by atoms with Crippen LogP contribution in [0.3, 0.4) is 0 Å². The molecule has 116 valence electrons. The van der Waals surface area contributed by atoms with Gasteiger partial charge in [-0.05, 0) is 18.9 Å². The predicted molar refractivity (Wildman–Crippen MR) is 84.7 cm³/mol. The minimum atomic E-state index is -0.358. The van der Waals surface area contributed by atoms with Gasteiger partial charge >= 0.3 is 0 Å². The molecule has 0 saturated carbocycles. The summed E-state index contributed by atoms with van der Waals surface area (Å²) in [5.74, 6) is 0. The molecule has 1 aromatic rings. The molecule has 2 heterocycles. The molecule has 4 heteroatoms. The van der Waals surface area contributed by atoms with E-state index in [0.717, 1.165) is 51.4 Å². The van der Waals surface area contributed by atoms with Crippen LogP contribution in [0.1, 0.15) is 31.4 Å². The van der Waals surface area contributed by atoms with Crippen molar-refractivity contribution < 1.29 is 9.84 Å². The van der Waals surface area contributed by atoms with Gasteiger partial charge in [0.15, 0.2) is 0 Å². The number of anilines is 1. The van der Waals surface area contributed by atoms with Crippen LogP contribution in [0, 0.1) is 0 Å². The van der Waals surface area contributed by atoms with E-state index in [1.807, 2.05) is 13.0 Å². The third-order valence-electron chi connectivity index (χ3n) is 4.75. The van der Waals surface area contributed by atoms with Crippen molar-refractivity contribution in [2.24, 2.45) is 0 Å². The predicted octanol–water partition coefficient (Wildman–Crippen LogP) is 2.04. The van der Waals surface area contributed by atoms with Crippen LogP contribution in [0.25, 0.3) is 0 Å². The van der Waals surface area contributed by atoms with Crippen LogP contribution < -0.4 is 4.90 Å². The van der Waals surface area contributed by atoms with E-state index >= 15 is 0 Å². The monoisotopic (exact) mass is 290 g/mol. The second-order valence-electron chi connectivity index (χ2n) is 6.02. The molecule has 1 aromatic carbocycles. The van der Waals surface area contributed by atoms with Crippen LogP contribution >= 0.6 is 0 Å². The topological polar surface area (TPSA) is 35.9 Å². The number of ether oxygens (including phenoxy) is 1.